The number of phenols is 1. The third kappa shape index (κ3) is 2.97. The van der Waals surface area contributed by atoms with E-state index in [0.717, 1.165) is 5.56 Å². The topological polar surface area (TPSA) is 32.3 Å². The van der Waals surface area contributed by atoms with Gasteiger partial charge < -0.3 is 10.4 Å². The van der Waals surface area contributed by atoms with Crippen LogP contribution in [0.1, 0.15) is 30.0 Å². The van der Waals surface area contributed by atoms with Gasteiger partial charge >= 0.3 is 0 Å². The Hall–Kier alpha value is -1.51. The Balaban J connectivity index is 1.75. The average molecular weight is 288 g/mol. The molecule has 2 N–H and O–H groups in total. The summed E-state index contributed by atoms with van der Waals surface area (Å²) in [5.74, 6) is 0.953. The van der Waals surface area contributed by atoms with Gasteiger partial charge in [0.25, 0.3) is 0 Å². The molecule has 0 radical (unpaired) electrons. The molecule has 1 fully saturated rings. The molecule has 104 valence electrons. The maximum atomic E-state index is 9.90. The van der Waals surface area contributed by atoms with Crippen LogP contribution in [0.2, 0.25) is 5.02 Å². The zero-order valence-corrected chi connectivity index (χ0v) is 12.0. The molecular formula is C17H18ClNO. The van der Waals surface area contributed by atoms with Crippen LogP contribution >= 0.6 is 11.6 Å². The van der Waals surface area contributed by atoms with Gasteiger partial charge in [-0.05, 0) is 36.5 Å². The van der Waals surface area contributed by atoms with E-state index in [1.54, 1.807) is 12.1 Å². The van der Waals surface area contributed by atoms with Gasteiger partial charge in [-0.2, -0.15) is 0 Å². The monoisotopic (exact) mass is 287 g/mol. The molecule has 20 heavy (non-hydrogen) atoms. The summed E-state index contributed by atoms with van der Waals surface area (Å²) >= 11 is 6.15. The maximum Gasteiger partial charge on any atom is 0.121 e. The predicted octanol–water partition coefficient (Wildman–Crippen LogP) is 4.29. The first-order valence-electron chi connectivity index (χ1n) is 7.00. The second-order valence-corrected chi connectivity index (χ2v) is 5.75. The summed E-state index contributed by atoms with van der Waals surface area (Å²) in [6.07, 6.45) is 2.53. The lowest BCUT2D eigenvalue weighted by Crippen LogP contribution is -2.22. The highest BCUT2D eigenvalue weighted by Crippen LogP contribution is 2.41. The summed E-state index contributed by atoms with van der Waals surface area (Å²) in [7, 11) is 0. The third-order valence-corrected chi connectivity index (χ3v) is 4.20. The van der Waals surface area contributed by atoms with Gasteiger partial charge in [-0.25, -0.2) is 0 Å². The first kappa shape index (κ1) is 13.5. The van der Waals surface area contributed by atoms with Crippen LogP contribution in [0, 0.1) is 5.92 Å². The first-order chi connectivity index (χ1) is 9.75. The summed E-state index contributed by atoms with van der Waals surface area (Å²) < 4.78 is 0. The molecule has 2 nitrogen and oxygen atoms in total. The van der Waals surface area contributed by atoms with Crippen molar-refractivity contribution in [1.82, 2.24) is 5.32 Å². The van der Waals surface area contributed by atoms with Crippen molar-refractivity contribution in [2.75, 3.05) is 0 Å². The minimum atomic E-state index is 0.257. The van der Waals surface area contributed by atoms with Crippen molar-refractivity contribution in [2.24, 2.45) is 5.92 Å². The predicted molar refractivity (Wildman–Crippen MR) is 81.9 cm³/mol. The van der Waals surface area contributed by atoms with Crippen molar-refractivity contribution >= 4 is 11.6 Å². The minimum Gasteiger partial charge on any atom is -0.508 e. The highest BCUT2D eigenvalue weighted by atomic mass is 35.5. The first-order valence-corrected chi connectivity index (χ1v) is 7.38. The smallest absolute Gasteiger partial charge is 0.121 e. The van der Waals surface area contributed by atoms with E-state index in [0.29, 0.717) is 23.5 Å². The number of phenolic OH excluding ortho intramolecular Hbond substituents is 1. The maximum absolute atomic E-state index is 9.90. The Morgan fingerprint density at radius 3 is 2.50 bits per heavy atom. The Morgan fingerprint density at radius 2 is 1.85 bits per heavy atom. The number of hydrogen-bond acceptors (Lipinski definition) is 2. The molecule has 1 aliphatic carbocycles. The van der Waals surface area contributed by atoms with Crippen LogP contribution in [0.3, 0.4) is 0 Å². The van der Waals surface area contributed by atoms with Gasteiger partial charge in [0, 0.05) is 23.2 Å². The molecule has 1 saturated carbocycles. The Bertz CT molecular complexity index is 561. The van der Waals surface area contributed by atoms with Crippen LogP contribution in [0.15, 0.2) is 48.5 Å². The van der Waals surface area contributed by atoms with E-state index < -0.39 is 0 Å². The molecule has 3 heteroatoms. The quantitative estimate of drug-likeness (QED) is 0.860. The van der Waals surface area contributed by atoms with Gasteiger partial charge in [0.15, 0.2) is 0 Å². The van der Waals surface area contributed by atoms with E-state index in [1.807, 2.05) is 12.1 Å². The van der Waals surface area contributed by atoms with Crippen LogP contribution in [0.25, 0.3) is 0 Å². The third-order valence-electron chi connectivity index (χ3n) is 3.84. The number of benzene rings is 2. The molecule has 2 aromatic rings. The molecule has 0 aliphatic heterocycles. The van der Waals surface area contributed by atoms with E-state index in [4.69, 9.17) is 11.6 Å². The average Bonchev–Trinajstić information content (AvgIpc) is 3.28. The van der Waals surface area contributed by atoms with Crippen molar-refractivity contribution in [3.8, 4) is 5.75 Å². The standard InChI is InChI=1S/C17H18ClNO/c18-15-7-4-8-16(20)14(15)11-19-17(13-9-10-13)12-5-2-1-3-6-12/h1-8,13,17,19-20H,9-11H2. The summed E-state index contributed by atoms with van der Waals surface area (Å²) in [4.78, 5) is 0. The fourth-order valence-electron chi connectivity index (χ4n) is 2.58. The number of rotatable bonds is 5. The van der Waals surface area contributed by atoms with Gasteiger partial charge in [0.05, 0.1) is 0 Å². The zero-order valence-electron chi connectivity index (χ0n) is 11.2. The largest absolute Gasteiger partial charge is 0.508 e. The van der Waals surface area contributed by atoms with Crippen LogP contribution in [-0.2, 0) is 6.54 Å². The van der Waals surface area contributed by atoms with Crippen molar-refractivity contribution in [3.63, 3.8) is 0 Å². The van der Waals surface area contributed by atoms with Crippen LogP contribution in [0.4, 0.5) is 0 Å². The van der Waals surface area contributed by atoms with Crippen molar-refractivity contribution < 1.29 is 5.11 Å². The number of hydrogen-bond donors (Lipinski definition) is 2. The summed E-state index contributed by atoms with van der Waals surface area (Å²) in [5.41, 5.74) is 2.08. The molecule has 0 bridgehead atoms. The summed E-state index contributed by atoms with van der Waals surface area (Å²) in [5, 5.41) is 14.1. The summed E-state index contributed by atoms with van der Waals surface area (Å²) in [6.45, 7) is 0.585. The number of halogens is 1. The fourth-order valence-corrected chi connectivity index (χ4v) is 2.82. The fraction of sp³-hybridized carbons (Fsp3) is 0.294. The molecule has 3 rings (SSSR count). The van der Waals surface area contributed by atoms with E-state index in [2.05, 4.69) is 29.6 Å². The molecule has 1 atom stereocenters. The molecule has 0 spiro atoms. The molecule has 0 amide bonds. The second-order valence-electron chi connectivity index (χ2n) is 5.34. The number of aromatic hydroxyl groups is 1. The van der Waals surface area contributed by atoms with Gasteiger partial charge in [0.2, 0.25) is 0 Å². The lowest BCUT2D eigenvalue weighted by atomic mass is 10.0. The molecule has 1 aliphatic rings. The highest BCUT2D eigenvalue weighted by Gasteiger charge is 2.32. The number of nitrogens with one attached hydrogen (secondary N) is 1. The Labute approximate surface area is 124 Å². The Morgan fingerprint density at radius 1 is 1.10 bits per heavy atom. The van der Waals surface area contributed by atoms with Crippen molar-refractivity contribution in [3.05, 3.63) is 64.7 Å². The van der Waals surface area contributed by atoms with Crippen molar-refractivity contribution in [1.29, 1.82) is 0 Å². The SMILES string of the molecule is Oc1cccc(Cl)c1CNC(c1ccccc1)C1CC1. The lowest BCUT2D eigenvalue weighted by molar-refractivity contribution is 0.446. The molecule has 0 saturated heterocycles. The second kappa shape index (κ2) is 5.86. The van der Waals surface area contributed by atoms with Crippen molar-refractivity contribution in [2.45, 2.75) is 25.4 Å². The van der Waals surface area contributed by atoms with E-state index in [-0.39, 0.29) is 5.75 Å². The highest BCUT2D eigenvalue weighted by molar-refractivity contribution is 6.31. The Kier molecular flexibility index (Phi) is 3.95. The molecule has 2 aromatic carbocycles. The summed E-state index contributed by atoms with van der Waals surface area (Å²) in [6, 6.07) is 16.1. The molecule has 0 heterocycles. The van der Waals surface area contributed by atoms with Gasteiger partial charge in [0.1, 0.15) is 5.75 Å². The van der Waals surface area contributed by atoms with Crippen LogP contribution in [0.5, 0.6) is 5.75 Å². The van der Waals surface area contributed by atoms with Crippen LogP contribution < -0.4 is 5.32 Å². The minimum absolute atomic E-state index is 0.257. The zero-order chi connectivity index (χ0) is 13.9. The lowest BCUT2D eigenvalue weighted by Gasteiger charge is -2.19. The van der Waals surface area contributed by atoms with Gasteiger partial charge in [-0.3, -0.25) is 0 Å². The van der Waals surface area contributed by atoms with Gasteiger partial charge in [-0.1, -0.05) is 48.0 Å². The van der Waals surface area contributed by atoms with Crippen LogP contribution in [-0.4, -0.2) is 5.11 Å². The molecule has 0 aromatic heterocycles. The molecular weight excluding hydrogens is 270 g/mol. The molecule has 1 unspecified atom stereocenters. The van der Waals surface area contributed by atoms with E-state index >= 15 is 0 Å². The normalized spacial score (nSPS) is 16.1. The van der Waals surface area contributed by atoms with Gasteiger partial charge in [-0.15, -0.1) is 0 Å². The van der Waals surface area contributed by atoms with E-state index in [1.165, 1.54) is 18.4 Å². The van der Waals surface area contributed by atoms with E-state index in [9.17, 15) is 5.11 Å².